The van der Waals surface area contributed by atoms with Gasteiger partial charge in [-0.2, -0.15) is 11.8 Å². The lowest BCUT2D eigenvalue weighted by molar-refractivity contribution is -0.138. The van der Waals surface area contributed by atoms with Crippen molar-refractivity contribution in [1.29, 1.82) is 0 Å². The Hall–Kier alpha value is -0.300. The highest BCUT2D eigenvalue weighted by molar-refractivity contribution is 7.99. The Balaban J connectivity index is 3.40. The van der Waals surface area contributed by atoms with Gasteiger partial charge >= 0.3 is 5.97 Å². The third kappa shape index (κ3) is 8.96. The Morgan fingerprint density at radius 1 is 1.50 bits per heavy atom. The quantitative estimate of drug-likeness (QED) is 0.511. The number of aliphatic hydroxyl groups excluding tert-OH is 1. The van der Waals surface area contributed by atoms with Crippen molar-refractivity contribution in [3.05, 3.63) is 0 Å². The molecule has 96 valence electrons. The second kappa shape index (κ2) is 8.81. The predicted octanol–water partition coefficient (Wildman–Crippen LogP) is 0.307. The molecule has 0 fully saturated rings. The van der Waals surface area contributed by atoms with Crippen LogP contribution in [-0.4, -0.2) is 52.5 Å². The normalized spacial score (nSPS) is 15.1. The molecule has 0 aromatic rings. The van der Waals surface area contributed by atoms with E-state index in [4.69, 9.17) is 15.6 Å². The first-order valence-corrected chi connectivity index (χ1v) is 6.44. The molecule has 0 bridgehead atoms. The van der Waals surface area contributed by atoms with E-state index in [-0.39, 0.29) is 6.10 Å². The van der Waals surface area contributed by atoms with Gasteiger partial charge in [-0.3, -0.25) is 4.79 Å². The van der Waals surface area contributed by atoms with Crippen LogP contribution in [0, 0.1) is 0 Å². The molecule has 0 rings (SSSR count). The first-order chi connectivity index (χ1) is 7.43. The van der Waals surface area contributed by atoms with E-state index in [9.17, 15) is 9.90 Å². The molecule has 16 heavy (non-hydrogen) atoms. The third-order valence-corrected chi connectivity index (χ3v) is 2.97. The summed E-state index contributed by atoms with van der Waals surface area (Å²) in [7, 11) is 0. The van der Waals surface area contributed by atoms with Gasteiger partial charge in [-0.15, -0.1) is 0 Å². The van der Waals surface area contributed by atoms with Crippen molar-refractivity contribution in [3.63, 3.8) is 0 Å². The van der Waals surface area contributed by atoms with E-state index in [1.165, 1.54) is 11.8 Å². The van der Waals surface area contributed by atoms with Crippen LogP contribution in [0.15, 0.2) is 0 Å². The van der Waals surface area contributed by atoms with E-state index < -0.39 is 18.1 Å². The fourth-order valence-electron chi connectivity index (χ4n) is 0.905. The molecule has 0 amide bonds. The van der Waals surface area contributed by atoms with E-state index >= 15 is 0 Å². The highest BCUT2D eigenvalue weighted by Gasteiger charge is 2.11. The predicted molar refractivity (Wildman–Crippen MR) is 64.6 cm³/mol. The summed E-state index contributed by atoms with van der Waals surface area (Å²) in [6.45, 7) is 4.13. The van der Waals surface area contributed by atoms with Crippen molar-refractivity contribution in [2.75, 3.05) is 18.1 Å². The van der Waals surface area contributed by atoms with Gasteiger partial charge in [-0.1, -0.05) is 0 Å². The number of ether oxygens (including phenoxy) is 1. The Labute approximate surface area is 100 Å². The summed E-state index contributed by atoms with van der Waals surface area (Å²) < 4.78 is 5.24. The van der Waals surface area contributed by atoms with Crippen molar-refractivity contribution in [3.8, 4) is 0 Å². The number of rotatable bonds is 9. The summed E-state index contributed by atoms with van der Waals surface area (Å²) in [5.74, 6) is 0.190. The number of hydrogen-bond donors (Lipinski definition) is 3. The molecular weight excluding hydrogens is 230 g/mol. The molecule has 0 aliphatic rings. The summed E-state index contributed by atoms with van der Waals surface area (Å²) in [6, 6.07) is -0.809. The lowest BCUT2D eigenvalue weighted by Gasteiger charge is -2.13. The molecule has 6 heteroatoms. The highest BCUT2D eigenvalue weighted by Crippen LogP contribution is 2.07. The Bertz CT molecular complexity index is 201. The van der Waals surface area contributed by atoms with Gasteiger partial charge in [0.1, 0.15) is 6.04 Å². The number of thioether (sulfide) groups is 1. The molecule has 0 aliphatic carbocycles. The van der Waals surface area contributed by atoms with E-state index in [2.05, 4.69) is 0 Å². The van der Waals surface area contributed by atoms with Crippen LogP contribution < -0.4 is 5.73 Å². The molecule has 0 radical (unpaired) electrons. The molecule has 5 nitrogen and oxygen atoms in total. The number of carboxylic acids is 1. The number of carboxylic acid groups (broad SMARTS) is 1. The summed E-state index contributed by atoms with van der Waals surface area (Å²) in [5.41, 5.74) is 5.33. The van der Waals surface area contributed by atoms with Crippen molar-refractivity contribution in [2.24, 2.45) is 5.73 Å². The monoisotopic (exact) mass is 251 g/mol. The molecule has 0 aliphatic heterocycles. The molecular formula is C10H21NO4S. The van der Waals surface area contributed by atoms with Crippen molar-refractivity contribution < 1.29 is 19.7 Å². The molecule has 0 spiro atoms. The second-order valence-electron chi connectivity index (χ2n) is 3.84. The van der Waals surface area contributed by atoms with E-state index in [1.807, 2.05) is 13.8 Å². The second-order valence-corrected chi connectivity index (χ2v) is 4.99. The molecule has 2 unspecified atom stereocenters. The van der Waals surface area contributed by atoms with Gasteiger partial charge in [0.15, 0.2) is 0 Å². The minimum Gasteiger partial charge on any atom is -0.480 e. The standard InChI is InChI=1S/C10H21NO4S/c1-7(2)15-5-8(12)6-16-4-3-9(11)10(13)14/h7-9,12H,3-6,11H2,1-2H3,(H,13,14). The van der Waals surface area contributed by atoms with Gasteiger partial charge in [0.25, 0.3) is 0 Å². The largest absolute Gasteiger partial charge is 0.480 e. The average molecular weight is 251 g/mol. The maximum atomic E-state index is 10.4. The van der Waals surface area contributed by atoms with Gasteiger partial charge in [-0.05, 0) is 26.0 Å². The molecule has 0 heterocycles. The summed E-state index contributed by atoms with van der Waals surface area (Å²) in [6.07, 6.45) is 0.0196. The number of hydrogen-bond acceptors (Lipinski definition) is 5. The minimum absolute atomic E-state index is 0.111. The zero-order valence-electron chi connectivity index (χ0n) is 9.76. The first-order valence-electron chi connectivity index (χ1n) is 5.29. The fourth-order valence-corrected chi connectivity index (χ4v) is 1.86. The van der Waals surface area contributed by atoms with Crippen LogP contribution in [0.3, 0.4) is 0 Å². The molecule has 0 saturated carbocycles. The lowest BCUT2D eigenvalue weighted by atomic mass is 10.2. The van der Waals surface area contributed by atoms with Crippen LogP contribution in [0.5, 0.6) is 0 Å². The molecule has 0 aromatic heterocycles. The number of nitrogens with two attached hydrogens (primary N) is 1. The highest BCUT2D eigenvalue weighted by atomic mass is 32.2. The number of aliphatic hydroxyl groups is 1. The summed E-state index contributed by atoms with van der Waals surface area (Å²) >= 11 is 1.49. The van der Waals surface area contributed by atoms with Crippen LogP contribution in [0.25, 0.3) is 0 Å². The van der Waals surface area contributed by atoms with Gasteiger partial charge in [0, 0.05) is 5.75 Å². The molecule has 0 saturated heterocycles. The average Bonchev–Trinajstić information content (AvgIpc) is 2.20. The van der Waals surface area contributed by atoms with E-state index in [1.54, 1.807) is 0 Å². The Kier molecular flexibility index (Phi) is 8.64. The zero-order chi connectivity index (χ0) is 12.6. The van der Waals surface area contributed by atoms with Gasteiger partial charge in [-0.25, -0.2) is 0 Å². The molecule has 2 atom stereocenters. The van der Waals surface area contributed by atoms with Crippen LogP contribution >= 0.6 is 11.8 Å². The SMILES string of the molecule is CC(C)OCC(O)CSCCC(N)C(=O)O. The smallest absolute Gasteiger partial charge is 0.320 e. The Morgan fingerprint density at radius 3 is 2.62 bits per heavy atom. The lowest BCUT2D eigenvalue weighted by Crippen LogP contribution is -2.30. The minimum atomic E-state index is -0.982. The van der Waals surface area contributed by atoms with E-state index in [0.29, 0.717) is 24.5 Å². The summed E-state index contributed by atoms with van der Waals surface area (Å²) in [4.78, 5) is 10.4. The van der Waals surface area contributed by atoms with Crippen LogP contribution in [-0.2, 0) is 9.53 Å². The first kappa shape index (κ1) is 15.7. The van der Waals surface area contributed by atoms with Crippen LogP contribution in [0.1, 0.15) is 20.3 Å². The molecule has 0 aromatic carbocycles. The van der Waals surface area contributed by atoms with Gasteiger partial charge < -0.3 is 20.7 Å². The zero-order valence-corrected chi connectivity index (χ0v) is 10.6. The summed E-state index contributed by atoms with van der Waals surface area (Å²) in [5, 5.41) is 18.0. The Morgan fingerprint density at radius 2 is 2.12 bits per heavy atom. The van der Waals surface area contributed by atoms with Crippen molar-refractivity contribution in [2.45, 2.75) is 38.5 Å². The van der Waals surface area contributed by atoms with Crippen LogP contribution in [0.2, 0.25) is 0 Å². The maximum Gasteiger partial charge on any atom is 0.320 e. The number of carbonyl (C=O) groups is 1. The fraction of sp³-hybridized carbons (Fsp3) is 0.900. The molecule has 4 N–H and O–H groups in total. The third-order valence-electron chi connectivity index (χ3n) is 1.82. The maximum absolute atomic E-state index is 10.4. The van der Waals surface area contributed by atoms with Crippen LogP contribution in [0.4, 0.5) is 0 Å². The van der Waals surface area contributed by atoms with Gasteiger partial charge in [0.2, 0.25) is 0 Å². The number of aliphatic carboxylic acids is 1. The van der Waals surface area contributed by atoms with E-state index in [0.717, 1.165) is 0 Å². The van der Waals surface area contributed by atoms with Gasteiger partial charge in [0.05, 0.1) is 18.8 Å². The topological polar surface area (TPSA) is 92.8 Å². The van der Waals surface area contributed by atoms with Crippen molar-refractivity contribution >= 4 is 17.7 Å². The van der Waals surface area contributed by atoms with Crippen molar-refractivity contribution in [1.82, 2.24) is 0 Å².